The van der Waals surface area contributed by atoms with E-state index in [0.29, 0.717) is 5.92 Å². The quantitative estimate of drug-likeness (QED) is 0.751. The van der Waals surface area contributed by atoms with Gasteiger partial charge >= 0.3 is 0 Å². The SMILES string of the molecule is O=c1c2ccccc2nc(C2CCCN2CCN2CCCOCC2)n1CC1CC1. The molecule has 156 valence electrons. The van der Waals surface area contributed by atoms with Crippen LogP contribution in [0.5, 0.6) is 0 Å². The van der Waals surface area contributed by atoms with Gasteiger partial charge in [-0.15, -0.1) is 0 Å². The lowest BCUT2D eigenvalue weighted by Gasteiger charge is -2.29. The summed E-state index contributed by atoms with van der Waals surface area (Å²) in [6.45, 7) is 7.92. The molecule has 6 heteroatoms. The number of fused-ring (bicyclic) bond motifs is 1. The summed E-state index contributed by atoms with van der Waals surface area (Å²) in [7, 11) is 0. The van der Waals surface area contributed by atoms with E-state index in [1.54, 1.807) is 0 Å². The molecule has 2 saturated heterocycles. The van der Waals surface area contributed by atoms with Crippen LogP contribution < -0.4 is 5.56 Å². The van der Waals surface area contributed by atoms with Crippen molar-refractivity contribution in [3.05, 3.63) is 40.4 Å². The highest BCUT2D eigenvalue weighted by atomic mass is 16.5. The van der Waals surface area contributed by atoms with Crippen molar-refractivity contribution in [1.82, 2.24) is 19.4 Å². The van der Waals surface area contributed by atoms with Crippen molar-refractivity contribution in [3.8, 4) is 0 Å². The van der Waals surface area contributed by atoms with Gasteiger partial charge in [0.25, 0.3) is 5.56 Å². The van der Waals surface area contributed by atoms with Crippen LogP contribution in [0.4, 0.5) is 0 Å². The molecule has 1 atom stereocenters. The minimum Gasteiger partial charge on any atom is -0.380 e. The lowest BCUT2D eigenvalue weighted by Crippen LogP contribution is -2.38. The van der Waals surface area contributed by atoms with Crippen molar-refractivity contribution >= 4 is 10.9 Å². The first kappa shape index (κ1) is 19.2. The third-order valence-electron chi connectivity index (χ3n) is 6.71. The fraction of sp³-hybridized carbons (Fsp3) is 0.652. The molecule has 0 amide bonds. The summed E-state index contributed by atoms with van der Waals surface area (Å²) >= 11 is 0. The maximum absolute atomic E-state index is 13.3. The Morgan fingerprint density at radius 2 is 1.90 bits per heavy atom. The number of para-hydroxylation sites is 1. The molecule has 6 nitrogen and oxygen atoms in total. The summed E-state index contributed by atoms with van der Waals surface area (Å²) in [6.07, 6.45) is 5.88. The summed E-state index contributed by atoms with van der Waals surface area (Å²) in [5.74, 6) is 1.65. The van der Waals surface area contributed by atoms with Crippen LogP contribution in [0, 0.1) is 5.92 Å². The lowest BCUT2D eigenvalue weighted by atomic mass is 10.1. The highest BCUT2D eigenvalue weighted by Gasteiger charge is 2.32. The Kier molecular flexibility index (Phi) is 5.66. The van der Waals surface area contributed by atoms with Crippen molar-refractivity contribution in [3.63, 3.8) is 0 Å². The zero-order valence-corrected chi connectivity index (χ0v) is 17.3. The Morgan fingerprint density at radius 1 is 1.00 bits per heavy atom. The number of nitrogens with zero attached hydrogens (tertiary/aromatic N) is 4. The third kappa shape index (κ3) is 4.25. The molecular weight excluding hydrogens is 364 g/mol. The molecule has 5 rings (SSSR count). The Hall–Kier alpha value is -1.76. The average Bonchev–Trinajstić information content (AvgIpc) is 3.50. The summed E-state index contributed by atoms with van der Waals surface area (Å²) < 4.78 is 7.61. The monoisotopic (exact) mass is 396 g/mol. The normalized spacial score (nSPS) is 24.2. The van der Waals surface area contributed by atoms with Gasteiger partial charge in [0.2, 0.25) is 0 Å². The number of aromatic nitrogens is 2. The van der Waals surface area contributed by atoms with Gasteiger partial charge in [-0.25, -0.2) is 4.98 Å². The molecule has 0 bridgehead atoms. The third-order valence-corrected chi connectivity index (χ3v) is 6.71. The highest BCUT2D eigenvalue weighted by molar-refractivity contribution is 5.77. The van der Waals surface area contributed by atoms with Crippen LogP contribution >= 0.6 is 0 Å². The van der Waals surface area contributed by atoms with Crippen LogP contribution in [0.15, 0.2) is 29.1 Å². The van der Waals surface area contributed by atoms with E-state index in [4.69, 9.17) is 9.72 Å². The zero-order valence-electron chi connectivity index (χ0n) is 17.3. The van der Waals surface area contributed by atoms with Crippen molar-refractivity contribution < 1.29 is 4.74 Å². The van der Waals surface area contributed by atoms with Gasteiger partial charge in [-0.05, 0) is 56.7 Å². The van der Waals surface area contributed by atoms with Crippen LogP contribution in [0.3, 0.4) is 0 Å². The molecule has 1 unspecified atom stereocenters. The Morgan fingerprint density at radius 3 is 2.79 bits per heavy atom. The van der Waals surface area contributed by atoms with Gasteiger partial charge in [-0.2, -0.15) is 0 Å². The Balaban J connectivity index is 1.41. The molecule has 3 fully saturated rings. The van der Waals surface area contributed by atoms with Gasteiger partial charge in [0, 0.05) is 39.3 Å². The van der Waals surface area contributed by atoms with Crippen LogP contribution in [-0.2, 0) is 11.3 Å². The predicted octanol–water partition coefficient (Wildman–Crippen LogP) is 2.67. The Bertz CT molecular complexity index is 899. The molecule has 1 aromatic heterocycles. The molecule has 29 heavy (non-hydrogen) atoms. The first-order chi connectivity index (χ1) is 14.3. The fourth-order valence-corrected chi connectivity index (χ4v) is 4.85. The molecule has 3 aliphatic rings. The minimum absolute atomic E-state index is 0.147. The number of hydrogen-bond donors (Lipinski definition) is 0. The van der Waals surface area contributed by atoms with E-state index in [9.17, 15) is 4.79 Å². The minimum atomic E-state index is 0.147. The topological polar surface area (TPSA) is 50.6 Å². The molecule has 0 spiro atoms. The largest absolute Gasteiger partial charge is 0.380 e. The second-order valence-corrected chi connectivity index (χ2v) is 8.85. The highest BCUT2D eigenvalue weighted by Crippen LogP contribution is 2.34. The maximum atomic E-state index is 13.3. The smallest absolute Gasteiger partial charge is 0.261 e. The fourth-order valence-electron chi connectivity index (χ4n) is 4.85. The summed E-state index contributed by atoms with van der Waals surface area (Å²) in [4.78, 5) is 23.4. The van der Waals surface area contributed by atoms with Crippen molar-refractivity contribution in [2.75, 3.05) is 45.9 Å². The first-order valence-corrected chi connectivity index (χ1v) is 11.3. The molecule has 1 aromatic carbocycles. The van der Waals surface area contributed by atoms with E-state index in [1.165, 1.54) is 19.3 Å². The zero-order chi connectivity index (χ0) is 19.6. The van der Waals surface area contributed by atoms with E-state index >= 15 is 0 Å². The second-order valence-electron chi connectivity index (χ2n) is 8.85. The summed E-state index contributed by atoms with van der Waals surface area (Å²) in [5.41, 5.74) is 0.991. The summed E-state index contributed by atoms with van der Waals surface area (Å²) in [5, 5.41) is 0.756. The van der Waals surface area contributed by atoms with Crippen LogP contribution in [-0.4, -0.2) is 65.3 Å². The maximum Gasteiger partial charge on any atom is 0.261 e. The van der Waals surface area contributed by atoms with E-state index < -0.39 is 0 Å². The van der Waals surface area contributed by atoms with Crippen LogP contribution in [0.2, 0.25) is 0 Å². The van der Waals surface area contributed by atoms with Gasteiger partial charge in [-0.1, -0.05) is 12.1 Å². The van der Waals surface area contributed by atoms with Crippen molar-refractivity contribution in [1.29, 1.82) is 0 Å². The van der Waals surface area contributed by atoms with E-state index in [2.05, 4.69) is 9.80 Å². The summed E-state index contributed by atoms with van der Waals surface area (Å²) in [6, 6.07) is 8.09. The van der Waals surface area contributed by atoms with Gasteiger partial charge < -0.3 is 4.74 Å². The molecule has 1 saturated carbocycles. The molecule has 0 radical (unpaired) electrons. The molecule has 1 aliphatic carbocycles. The van der Waals surface area contributed by atoms with Crippen molar-refractivity contribution in [2.24, 2.45) is 5.92 Å². The number of benzene rings is 1. The van der Waals surface area contributed by atoms with E-state index in [0.717, 1.165) is 82.1 Å². The Labute approximate surface area is 172 Å². The lowest BCUT2D eigenvalue weighted by molar-refractivity contribution is 0.136. The van der Waals surface area contributed by atoms with Gasteiger partial charge in [0.1, 0.15) is 5.82 Å². The number of likely N-dealkylation sites (tertiary alicyclic amines) is 1. The van der Waals surface area contributed by atoms with Crippen LogP contribution in [0.25, 0.3) is 10.9 Å². The number of hydrogen-bond acceptors (Lipinski definition) is 5. The van der Waals surface area contributed by atoms with Crippen molar-refractivity contribution in [2.45, 2.75) is 44.7 Å². The van der Waals surface area contributed by atoms with E-state index in [-0.39, 0.29) is 11.6 Å². The molecule has 2 aromatic rings. The second kappa shape index (κ2) is 8.54. The first-order valence-electron chi connectivity index (χ1n) is 11.3. The molecule has 3 heterocycles. The number of ether oxygens (including phenoxy) is 1. The van der Waals surface area contributed by atoms with Gasteiger partial charge in [0.05, 0.1) is 23.6 Å². The van der Waals surface area contributed by atoms with Gasteiger partial charge in [0.15, 0.2) is 0 Å². The standard InChI is InChI=1S/C23H32N4O2/c28-23-19-5-1-2-6-20(19)24-22(27(23)17-18-8-9-18)21-7-3-11-26(21)13-12-25-10-4-15-29-16-14-25/h1-2,5-6,18,21H,3-4,7-17H2. The van der Waals surface area contributed by atoms with Gasteiger partial charge in [-0.3, -0.25) is 19.2 Å². The molecular formula is C23H32N4O2. The average molecular weight is 397 g/mol. The van der Waals surface area contributed by atoms with E-state index in [1.807, 2.05) is 28.8 Å². The number of rotatable bonds is 6. The van der Waals surface area contributed by atoms with Crippen LogP contribution in [0.1, 0.15) is 44.0 Å². The molecule has 0 N–H and O–H groups in total. The molecule has 2 aliphatic heterocycles. The predicted molar refractivity (Wildman–Crippen MR) is 114 cm³/mol.